The molecule has 3 aromatic rings. The van der Waals surface area contributed by atoms with Crippen LogP contribution in [0.25, 0.3) is 11.1 Å². The number of rotatable bonds is 8. The number of aliphatic hydroxyl groups is 1. The third-order valence-electron chi connectivity index (χ3n) is 7.09. The lowest BCUT2D eigenvalue weighted by Gasteiger charge is -2.35. The molecule has 0 saturated carbocycles. The van der Waals surface area contributed by atoms with E-state index in [1.165, 1.54) is 12.3 Å². The molecule has 2 aromatic carbocycles. The maximum absolute atomic E-state index is 16.0. The highest BCUT2D eigenvalue weighted by molar-refractivity contribution is 6.34. The van der Waals surface area contributed by atoms with Gasteiger partial charge in [-0.1, -0.05) is 48.9 Å². The van der Waals surface area contributed by atoms with E-state index in [1.807, 2.05) is 30.3 Å². The SMILES string of the molecule is CCC(=O)c1cnc(OCCO)c(F)c1-c1c(Cl)c(F)cc2c1C[C@](c1ccccc1)([C@@H]1CCCN1)O2. The van der Waals surface area contributed by atoms with Gasteiger partial charge in [0.2, 0.25) is 0 Å². The van der Waals surface area contributed by atoms with Gasteiger partial charge < -0.3 is 19.9 Å². The molecule has 0 unspecified atom stereocenters. The summed E-state index contributed by atoms with van der Waals surface area (Å²) in [7, 11) is 0. The second-order valence-electron chi connectivity index (χ2n) is 9.22. The normalized spacial score (nSPS) is 20.5. The second kappa shape index (κ2) is 10.4. The molecule has 9 heteroatoms. The molecule has 0 bridgehead atoms. The molecule has 1 fully saturated rings. The van der Waals surface area contributed by atoms with Gasteiger partial charge >= 0.3 is 0 Å². The van der Waals surface area contributed by atoms with Crippen LogP contribution in [0.15, 0.2) is 42.6 Å². The summed E-state index contributed by atoms with van der Waals surface area (Å²) in [4.78, 5) is 16.8. The van der Waals surface area contributed by atoms with Gasteiger partial charge in [-0.15, -0.1) is 0 Å². The van der Waals surface area contributed by atoms with Crippen molar-refractivity contribution in [3.8, 4) is 22.8 Å². The van der Waals surface area contributed by atoms with E-state index in [2.05, 4.69) is 10.3 Å². The summed E-state index contributed by atoms with van der Waals surface area (Å²) in [5, 5.41) is 12.3. The molecule has 1 aromatic heterocycles. The lowest BCUT2D eigenvalue weighted by molar-refractivity contribution is 0.0539. The summed E-state index contributed by atoms with van der Waals surface area (Å²) in [5.41, 5.74) is 0.385. The third-order valence-corrected chi connectivity index (χ3v) is 7.46. The van der Waals surface area contributed by atoms with E-state index in [0.717, 1.165) is 24.9 Å². The number of carbonyl (C=O) groups excluding carboxylic acids is 1. The first-order valence-corrected chi connectivity index (χ1v) is 12.7. The zero-order valence-corrected chi connectivity index (χ0v) is 21.1. The molecule has 5 rings (SSSR count). The number of hydrogen-bond acceptors (Lipinski definition) is 6. The van der Waals surface area contributed by atoms with Crippen LogP contribution in [0, 0.1) is 11.6 Å². The Hall–Kier alpha value is -3.07. The highest BCUT2D eigenvalue weighted by Gasteiger charge is 2.50. The van der Waals surface area contributed by atoms with Gasteiger partial charge in [-0.05, 0) is 24.9 Å². The van der Waals surface area contributed by atoms with E-state index >= 15 is 8.78 Å². The lowest BCUT2D eigenvalue weighted by atomic mass is 9.80. The second-order valence-corrected chi connectivity index (χ2v) is 9.60. The number of nitrogens with one attached hydrogen (secondary N) is 1. The van der Waals surface area contributed by atoms with E-state index in [-0.39, 0.29) is 65.3 Å². The number of hydrogen-bond donors (Lipinski definition) is 2. The van der Waals surface area contributed by atoms with Crippen molar-refractivity contribution in [3.63, 3.8) is 0 Å². The van der Waals surface area contributed by atoms with Gasteiger partial charge in [0.1, 0.15) is 18.2 Å². The molecule has 0 aliphatic carbocycles. The number of ether oxygens (including phenoxy) is 2. The summed E-state index contributed by atoms with van der Waals surface area (Å²) in [6.45, 7) is 1.91. The Kier molecular flexibility index (Phi) is 7.16. The summed E-state index contributed by atoms with van der Waals surface area (Å²) in [5.74, 6) is -2.27. The van der Waals surface area contributed by atoms with E-state index in [1.54, 1.807) is 6.92 Å². The van der Waals surface area contributed by atoms with Crippen molar-refractivity contribution in [2.24, 2.45) is 0 Å². The van der Waals surface area contributed by atoms with Crippen molar-refractivity contribution < 1.29 is 28.2 Å². The summed E-state index contributed by atoms with van der Waals surface area (Å²) in [6.07, 6.45) is 3.38. The molecular weight excluding hydrogens is 502 g/mol. The molecule has 0 radical (unpaired) electrons. The average Bonchev–Trinajstić information content (AvgIpc) is 3.58. The third kappa shape index (κ3) is 4.37. The van der Waals surface area contributed by atoms with Crippen molar-refractivity contribution in [3.05, 3.63) is 75.9 Å². The topological polar surface area (TPSA) is 80.7 Å². The van der Waals surface area contributed by atoms with Crippen molar-refractivity contribution in [1.82, 2.24) is 10.3 Å². The molecule has 1 saturated heterocycles. The van der Waals surface area contributed by atoms with Gasteiger partial charge in [-0.3, -0.25) is 4.79 Å². The number of aliphatic hydroxyl groups excluding tert-OH is 1. The van der Waals surface area contributed by atoms with E-state index in [0.29, 0.717) is 5.56 Å². The Morgan fingerprint density at radius 3 is 2.76 bits per heavy atom. The number of benzene rings is 2. The van der Waals surface area contributed by atoms with E-state index < -0.39 is 23.1 Å². The number of ketones is 1. The van der Waals surface area contributed by atoms with Gasteiger partial charge in [-0.25, -0.2) is 13.8 Å². The standard InChI is InChI=1S/C28H27ClF2N2O4/c1-2-20(35)18-15-33-27(36-12-11-34)26(31)24(18)23-17-14-28(22-9-6-10-32-22,16-7-4-3-5-8-16)37-21(17)13-19(30)25(23)29/h3-5,7-8,13,15,22,32,34H,2,6,9-12,14H2,1H3/t22-,28-/m0/s1. The lowest BCUT2D eigenvalue weighted by Crippen LogP contribution is -2.48. The van der Waals surface area contributed by atoms with Crippen LogP contribution in [-0.2, 0) is 12.0 Å². The number of fused-ring (bicyclic) bond motifs is 1. The van der Waals surface area contributed by atoms with Crippen molar-refractivity contribution in [2.75, 3.05) is 19.8 Å². The molecule has 2 N–H and O–H groups in total. The van der Waals surface area contributed by atoms with Gasteiger partial charge in [0.25, 0.3) is 5.88 Å². The average molecular weight is 529 g/mol. The number of pyridine rings is 1. The predicted molar refractivity (Wildman–Crippen MR) is 135 cm³/mol. The molecule has 2 aliphatic heterocycles. The molecule has 3 heterocycles. The summed E-state index contributed by atoms with van der Waals surface area (Å²) in [6, 6.07) is 10.8. The minimum absolute atomic E-state index is 0.0257. The quantitative estimate of drug-likeness (QED) is 0.390. The van der Waals surface area contributed by atoms with Crippen LogP contribution >= 0.6 is 11.6 Å². The van der Waals surface area contributed by atoms with Gasteiger partial charge in [-0.2, -0.15) is 0 Å². The van der Waals surface area contributed by atoms with Crippen LogP contribution in [0.3, 0.4) is 0 Å². The first kappa shape index (κ1) is 25.6. The minimum atomic E-state index is -0.946. The Bertz CT molecular complexity index is 1330. The fourth-order valence-electron chi connectivity index (χ4n) is 5.38. The Balaban J connectivity index is 1.75. The number of aromatic nitrogens is 1. The van der Waals surface area contributed by atoms with Gasteiger partial charge in [0, 0.05) is 47.4 Å². The maximum atomic E-state index is 16.0. The van der Waals surface area contributed by atoms with Crippen LogP contribution < -0.4 is 14.8 Å². The fraction of sp³-hybridized carbons (Fsp3) is 0.357. The largest absolute Gasteiger partial charge is 0.480 e. The predicted octanol–water partition coefficient (Wildman–Crippen LogP) is 5.23. The minimum Gasteiger partial charge on any atom is -0.480 e. The highest BCUT2D eigenvalue weighted by atomic mass is 35.5. The fourth-order valence-corrected chi connectivity index (χ4v) is 5.64. The monoisotopic (exact) mass is 528 g/mol. The Morgan fingerprint density at radius 1 is 1.30 bits per heavy atom. The summed E-state index contributed by atoms with van der Waals surface area (Å²) >= 11 is 6.53. The molecule has 2 aliphatic rings. The first-order valence-electron chi connectivity index (χ1n) is 12.4. The van der Waals surface area contributed by atoms with Crippen LogP contribution in [0.4, 0.5) is 8.78 Å². The number of Topliss-reactive ketones (excluding diaryl/α,β-unsaturated/α-hetero) is 1. The smallest absolute Gasteiger partial charge is 0.251 e. The van der Waals surface area contributed by atoms with Crippen LogP contribution in [0.2, 0.25) is 5.02 Å². The van der Waals surface area contributed by atoms with Gasteiger partial charge in [0.15, 0.2) is 17.2 Å². The van der Waals surface area contributed by atoms with Crippen LogP contribution in [-0.4, -0.2) is 41.7 Å². The van der Waals surface area contributed by atoms with Crippen molar-refractivity contribution in [1.29, 1.82) is 0 Å². The highest BCUT2D eigenvalue weighted by Crippen LogP contribution is 2.52. The number of nitrogens with zero attached hydrogens (tertiary/aromatic N) is 1. The zero-order valence-electron chi connectivity index (χ0n) is 20.3. The van der Waals surface area contributed by atoms with Crippen molar-refractivity contribution >= 4 is 17.4 Å². The molecule has 37 heavy (non-hydrogen) atoms. The molecule has 0 spiro atoms. The zero-order chi connectivity index (χ0) is 26.2. The molecule has 194 valence electrons. The van der Waals surface area contributed by atoms with Gasteiger partial charge in [0.05, 0.1) is 17.7 Å². The molecule has 6 nitrogen and oxygen atoms in total. The molecular formula is C28H27ClF2N2O4. The van der Waals surface area contributed by atoms with E-state index in [4.69, 9.17) is 26.2 Å². The van der Waals surface area contributed by atoms with E-state index in [9.17, 15) is 4.79 Å². The van der Waals surface area contributed by atoms with Crippen LogP contribution in [0.1, 0.15) is 47.7 Å². The Labute approximate surface area is 218 Å². The molecule has 0 amide bonds. The van der Waals surface area contributed by atoms with Crippen molar-refractivity contribution in [2.45, 2.75) is 44.2 Å². The Morgan fingerprint density at radius 2 is 2.08 bits per heavy atom. The number of carbonyl (C=O) groups is 1. The summed E-state index contributed by atoms with van der Waals surface area (Å²) < 4.78 is 43.1. The van der Waals surface area contributed by atoms with Crippen LogP contribution in [0.5, 0.6) is 11.6 Å². The first-order chi connectivity index (χ1) is 17.9. The molecule has 2 atom stereocenters. The maximum Gasteiger partial charge on any atom is 0.251 e. The number of halogens is 3.